The maximum Gasteiger partial charge on any atom is 0.130 e. The molecule has 2 N–H and O–H groups in total. The van der Waals surface area contributed by atoms with E-state index in [1.54, 1.807) is 4.68 Å². The van der Waals surface area contributed by atoms with Crippen molar-refractivity contribution in [3.05, 3.63) is 49.8 Å². The van der Waals surface area contributed by atoms with Crippen LogP contribution in [0.25, 0.3) is 0 Å². The van der Waals surface area contributed by atoms with Crippen molar-refractivity contribution in [3.63, 3.8) is 0 Å². The van der Waals surface area contributed by atoms with Crippen LogP contribution in [0.3, 0.4) is 0 Å². The fourth-order valence-electron chi connectivity index (χ4n) is 2.01. The number of nitrogens with two attached hydrogens (primary N) is 1. The van der Waals surface area contributed by atoms with Gasteiger partial charge in [-0.15, -0.1) is 0 Å². The predicted molar refractivity (Wildman–Crippen MR) is 82.7 cm³/mol. The van der Waals surface area contributed by atoms with Crippen molar-refractivity contribution in [2.75, 3.05) is 0 Å². The molecule has 0 saturated heterocycles. The van der Waals surface area contributed by atoms with Gasteiger partial charge in [0.1, 0.15) is 5.15 Å². The van der Waals surface area contributed by atoms with E-state index in [0.717, 1.165) is 16.8 Å². The monoisotopic (exact) mass is 375 g/mol. The SMILES string of the molecule is Cc1nn(C)c(Cl)c1CC(N)c1ccccc1I. The van der Waals surface area contributed by atoms with Crippen molar-refractivity contribution >= 4 is 34.2 Å². The normalized spacial score (nSPS) is 12.7. The number of benzene rings is 1. The van der Waals surface area contributed by atoms with Gasteiger partial charge < -0.3 is 5.73 Å². The van der Waals surface area contributed by atoms with Crippen LogP contribution in [0, 0.1) is 10.5 Å². The highest BCUT2D eigenvalue weighted by molar-refractivity contribution is 14.1. The quantitative estimate of drug-likeness (QED) is 0.837. The first-order chi connectivity index (χ1) is 8.50. The highest BCUT2D eigenvalue weighted by Gasteiger charge is 2.17. The third-order valence-corrected chi connectivity index (χ3v) is 4.45. The van der Waals surface area contributed by atoms with E-state index in [9.17, 15) is 0 Å². The van der Waals surface area contributed by atoms with Gasteiger partial charge in [-0.3, -0.25) is 4.68 Å². The zero-order chi connectivity index (χ0) is 13.3. The first-order valence-corrected chi connectivity index (χ1v) is 7.14. The molecular formula is C13H15ClIN3. The lowest BCUT2D eigenvalue weighted by Gasteiger charge is -2.13. The molecule has 0 saturated carbocycles. The van der Waals surface area contributed by atoms with E-state index in [0.29, 0.717) is 11.6 Å². The summed E-state index contributed by atoms with van der Waals surface area (Å²) in [4.78, 5) is 0. The van der Waals surface area contributed by atoms with Gasteiger partial charge in [0, 0.05) is 22.2 Å². The molecule has 18 heavy (non-hydrogen) atoms. The van der Waals surface area contributed by atoms with Gasteiger partial charge in [-0.25, -0.2) is 0 Å². The van der Waals surface area contributed by atoms with Crippen LogP contribution in [0.2, 0.25) is 5.15 Å². The van der Waals surface area contributed by atoms with Crippen LogP contribution in [-0.2, 0) is 13.5 Å². The molecule has 0 aliphatic rings. The molecule has 0 aliphatic heterocycles. The summed E-state index contributed by atoms with van der Waals surface area (Å²) in [5.41, 5.74) is 9.41. The Balaban J connectivity index is 2.27. The van der Waals surface area contributed by atoms with Crippen molar-refractivity contribution in [3.8, 4) is 0 Å². The summed E-state index contributed by atoms with van der Waals surface area (Å²) < 4.78 is 2.87. The molecule has 0 fully saturated rings. The highest BCUT2D eigenvalue weighted by atomic mass is 127. The third kappa shape index (κ3) is 2.70. The molecular weight excluding hydrogens is 361 g/mol. The molecule has 0 spiro atoms. The first-order valence-electron chi connectivity index (χ1n) is 5.68. The molecule has 0 aliphatic carbocycles. The molecule has 1 aromatic heterocycles. The second-order valence-electron chi connectivity index (χ2n) is 4.31. The molecule has 0 radical (unpaired) electrons. The van der Waals surface area contributed by atoms with Crippen LogP contribution in [0.4, 0.5) is 0 Å². The lowest BCUT2D eigenvalue weighted by Crippen LogP contribution is -2.15. The molecule has 3 nitrogen and oxygen atoms in total. The van der Waals surface area contributed by atoms with Gasteiger partial charge in [-0.1, -0.05) is 29.8 Å². The molecule has 0 amide bonds. The standard InChI is InChI=1S/C13H15ClIN3/c1-8-10(13(14)18(2)17-8)7-12(16)9-5-3-4-6-11(9)15/h3-6,12H,7,16H2,1-2H3. The number of aryl methyl sites for hydroxylation is 2. The van der Waals surface area contributed by atoms with Crippen molar-refractivity contribution in [2.45, 2.75) is 19.4 Å². The van der Waals surface area contributed by atoms with Gasteiger partial charge in [0.25, 0.3) is 0 Å². The van der Waals surface area contributed by atoms with Crippen LogP contribution in [0.15, 0.2) is 24.3 Å². The minimum atomic E-state index is -0.0569. The Morgan fingerprint density at radius 2 is 2.11 bits per heavy atom. The van der Waals surface area contributed by atoms with Gasteiger partial charge >= 0.3 is 0 Å². The Bertz CT molecular complexity index is 565. The maximum atomic E-state index is 6.27. The fraction of sp³-hybridized carbons (Fsp3) is 0.308. The van der Waals surface area contributed by atoms with E-state index in [-0.39, 0.29) is 6.04 Å². The van der Waals surface area contributed by atoms with Gasteiger partial charge in [0.2, 0.25) is 0 Å². The van der Waals surface area contributed by atoms with Crippen molar-refractivity contribution in [1.82, 2.24) is 9.78 Å². The van der Waals surface area contributed by atoms with Crippen molar-refractivity contribution in [2.24, 2.45) is 12.8 Å². The molecule has 1 atom stereocenters. The molecule has 5 heteroatoms. The van der Waals surface area contributed by atoms with Crippen LogP contribution in [-0.4, -0.2) is 9.78 Å². The maximum absolute atomic E-state index is 6.27. The number of aromatic nitrogens is 2. The van der Waals surface area contributed by atoms with E-state index in [2.05, 4.69) is 39.8 Å². The zero-order valence-electron chi connectivity index (χ0n) is 10.3. The van der Waals surface area contributed by atoms with Crippen LogP contribution in [0.1, 0.15) is 22.9 Å². The lowest BCUT2D eigenvalue weighted by atomic mass is 10.0. The Hall–Kier alpha value is -0.590. The smallest absolute Gasteiger partial charge is 0.130 e. The second-order valence-corrected chi connectivity index (χ2v) is 5.83. The van der Waals surface area contributed by atoms with E-state index in [1.807, 2.05) is 26.1 Å². The molecule has 0 bridgehead atoms. The molecule has 96 valence electrons. The minimum Gasteiger partial charge on any atom is -0.324 e. The third-order valence-electron chi connectivity index (χ3n) is 3.00. The summed E-state index contributed by atoms with van der Waals surface area (Å²) in [6.07, 6.45) is 0.707. The zero-order valence-corrected chi connectivity index (χ0v) is 13.2. The number of hydrogen-bond acceptors (Lipinski definition) is 2. The Morgan fingerprint density at radius 1 is 1.44 bits per heavy atom. The van der Waals surface area contributed by atoms with E-state index in [4.69, 9.17) is 17.3 Å². The summed E-state index contributed by atoms with van der Waals surface area (Å²) in [7, 11) is 1.84. The van der Waals surface area contributed by atoms with E-state index in [1.165, 1.54) is 3.57 Å². The summed E-state index contributed by atoms with van der Waals surface area (Å²) >= 11 is 8.54. The number of rotatable bonds is 3. The summed E-state index contributed by atoms with van der Waals surface area (Å²) in [6.45, 7) is 1.96. The molecule has 2 rings (SSSR count). The van der Waals surface area contributed by atoms with Gasteiger partial charge in [-0.2, -0.15) is 5.10 Å². The van der Waals surface area contributed by atoms with Crippen molar-refractivity contribution < 1.29 is 0 Å². The fourth-order valence-corrected chi connectivity index (χ4v) is 3.05. The Morgan fingerprint density at radius 3 is 2.67 bits per heavy atom. The minimum absolute atomic E-state index is 0.0569. The molecule has 2 aromatic rings. The van der Waals surface area contributed by atoms with Gasteiger partial charge in [-0.05, 0) is 47.6 Å². The summed E-state index contributed by atoms with van der Waals surface area (Å²) in [5, 5.41) is 4.98. The van der Waals surface area contributed by atoms with Gasteiger partial charge in [0.15, 0.2) is 0 Å². The first kappa shape index (κ1) is 13.8. The summed E-state index contributed by atoms with van der Waals surface area (Å²) in [5.74, 6) is 0. The number of hydrogen-bond donors (Lipinski definition) is 1. The van der Waals surface area contributed by atoms with Crippen LogP contribution in [0.5, 0.6) is 0 Å². The number of nitrogens with zero attached hydrogens (tertiary/aromatic N) is 2. The molecule has 1 heterocycles. The molecule has 1 aromatic carbocycles. The van der Waals surface area contributed by atoms with E-state index >= 15 is 0 Å². The summed E-state index contributed by atoms with van der Waals surface area (Å²) in [6, 6.07) is 8.09. The largest absolute Gasteiger partial charge is 0.324 e. The Labute approximate surface area is 125 Å². The van der Waals surface area contributed by atoms with Crippen molar-refractivity contribution in [1.29, 1.82) is 0 Å². The Kier molecular flexibility index (Phi) is 4.29. The predicted octanol–water partition coefficient (Wildman–Crippen LogP) is 3.23. The average molecular weight is 376 g/mol. The second kappa shape index (κ2) is 5.59. The van der Waals surface area contributed by atoms with Crippen LogP contribution < -0.4 is 5.73 Å². The number of halogens is 2. The van der Waals surface area contributed by atoms with Crippen LogP contribution >= 0.6 is 34.2 Å². The van der Waals surface area contributed by atoms with E-state index < -0.39 is 0 Å². The highest BCUT2D eigenvalue weighted by Crippen LogP contribution is 2.26. The topological polar surface area (TPSA) is 43.8 Å². The lowest BCUT2D eigenvalue weighted by molar-refractivity contribution is 0.714. The molecule has 1 unspecified atom stereocenters. The average Bonchev–Trinajstić information content (AvgIpc) is 2.56. The van der Waals surface area contributed by atoms with Gasteiger partial charge in [0.05, 0.1) is 5.69 Å².